The maximum atomic E-state index is 13.9. The van der Waals surface area contributed by atoms with Crippen molar-refractivity contribution in [2.75, 3.05) is 12.0 Å². The second-order valence-corrected chi connectivity index (χ2v) is 9.99. The lowest BCUT2D eigenvalue weighted by atomic mass is 9.77. The largest absolute Gasteiger partial charge is 0.497 e. The Bertz CT molecular complexity index is 1400. The Morgan fingerprint density at radius 3 is 2.11 bits per heavy atom. The minimum absolute atomic E-state index is 0.211. The Kier molecular flexibility index (Phi) is 4.94. The lowest BCUT2D eigenvalue weighted by Gasteiger charge is -2.27. The highest BCUT2D eigenvalue weighted by molar-refractivity contribution is 14.1. The monoisotopic (exact) mass is 579 g/mol. The number of imide groups is 1. The summed E-state index contributed by atoms with van der Waals surface area (Å²) in [7, 11) is 1.52. The van der Waals surface area contributed by atoms with Gasteiger partial charge in [-0.15, -0.1) is 0 Å². The number of Topliss-reactive ketones (excluding diaryl/α,β-unsaturated/α-hetero) is 2. The molecule has 0 radical (unpaired) electrons. The predicted molar refractivity (Wildman–Crippen MR) is 133 cm³/mol. The van der Waals surface area contributed by atoms with Crippen LogP contribution in [0.1, 0.15) is 32.4 Å². The minimum atomic E-state index is -2.08. The van der Waals surface area contributed by atoms with Gasteiger partial charge < -0.3 is 9.47 Å². The number of rotatable bonds is 3. The van der Waals surface area contributed by atoms with Crippen molar-refractivity contribution in [2.45, 2.75) is 11.7 Å². The number of carbonyl (C=O) groups excluding carboxylic acids is 4. The standard InChI is InChI=1S/C27H18INO6/c1-34-17-11-9-16(10-12-17)29-25(32)20-21(26(29)33)27(35-22(20)14-5-4-6-15(28)13-14)23(30)18-7-2-3-8-19(18)24(27)31/h2-13,20-22H,1H3/t20-,21+,22+/m1/s1. The van der Waals surface area contributed by atoms with Crippen molar-refractivity contribution in [1.82, 2.24) is 0 Å². The summed E-state index contributed by atoms with van der Waals surface area (Å²) in [6.07, 6.45) is -0.934. The van der Waals surface area contributed by atoms with Gasteiger partial charge in [-0.1, -0.05) is 36.4 Å². The molecule has 174 valence electrons. The number of ketones is 2. The highest BCUT2D eigenvalue weighted by Gasteiger charge is 2.74. The van der Waals surface area contributed by atoms with E-state index in [1.807, 2.05) is 18.2 Å². The van der Waals surface area contributed by atoms with E-state index in [-0.39, 0.29) is 11.1 Å². The van der Waals surface area contributed by atoms with E-state index in [0.717, 1.165) is 8.47 Å². The van der Waals surface area contributed by atoms with Crippen LogP contribution in [-0.2, 0) is 14.3 Å². The van der Waals surface area contributed by atoms with E-state index >= 15 is 0 Å². The smallest absolute Gasteiger partial charge is 0.241 e. The van der Waals surface area contributed by atoms with Crippen LogP contribution in [-0.4, -0.2) is 36.1 Å². The Hall–Kier alpha value is -3.37. The number of anilines is 1. The number of hydrogen-bond acceptors (Lipinski definition) is 6. The van der Waals surface area contributed by atoms with Crippen LogP contribution < -0.4 is 9.64 Å². The van der Waals surface area contributed by atoms with Gasteiger partial charge in [0.1, 0.15) is 5.75 Å². The molecule has 3 aromatic carbocycles. The zero-order chi connectivity index (χ0) is 24.5. The van der Waals surface area contributed by atoms with Crippen LogP contribution >= 0.6 is 22.6 Å². The number of benzene rings is 3. The lowest BCUT2D eigenvalue weighted by Crippen LogP contribution is -2.51. The number of carbonyl (C=O) groups is 4. The highest BCUT2D eigenvalue weighted by Crippen LogP contribution is 2.57. The van der Waals surface area contributed by atoms with E-state index in [1.54, 1.807) is 54.6 Å². The fourth-order valence-corrected chi connectivity index (χ4v) is 6.05. The molecule has 7 nitrogen and oxygen atoms in total. The zero-order valence-electron chi connectivity index (χ0n) is 18.4. The Morgan fingerprint density at radius 1 is 0.857 bits per heavy atom. The molecular weight excluding hydrogens is 561 g/mol. The van der Waals surface area contributed by atoms with Gasteiger partial charge in [0.15, 0.2) is 0 Å². The van der Waals surface area contributed by atoms with Crippen LogP contribution in [0.15, 0.2) is 72.8 Å². The number of amides is 2. The quantitative estimate of drug-likeness (QED) is 0.265. The molecule has 2 aliphatic heterocycles. The average molecular weight is 579 g/mol. The molecule has 1 spiro atoms. The van der Waals surface area contributed by atoms with Gasteiger partial charge in [-0.05, 0) is 64.6 Å². The van der Waals surface area contributed by atoms with Crippen molar-refractivity contribution in [2.24, 2.45) is 11.8 Å². The molecule has 0 saturated carbocycles. The van der Waals surface area contributed by atoms with Crippen LogP contribution in [0, 0.1) is 15.4 Å². The van der Waals surface area contributed by atoms with Crippen LogP contribution in [0.5, 0.6) is 5.75 Å². The van der Waals surface area contributed by atoms with E-state index in [0.29, 0.717) is 17.0 Å². The zero-order valence-corrected chi connectivity index (χ0v) is 20.6. The first-order valence-corrected chi connectivity index (χ1v) is 12.1. The summed E-state index contributed by atoms with van der Waals surface area (Å²) in [6, 6.07) is 20.3. The lowest BCUT2D eigenvalue weighted by molar-refractivity contribution is -0.127. The number of fused-ring (bicyclic) bond motifs is 3. The van der Waals surface area contributed by atoms with Crippen LogP contribution in [0.4, 0.5) is 5.69 Å². The van der Waals surface area contributed by atoms with Crippen LogP contribution in [0.25, 0.3) is 0 Å². The maximum Gasteiger partial charge on any atom is 0.241 e. The van der Waals surface area contributed by atoms with Crippen LogP contribution in [0.2, 0.25) is 0 Å². The topological polar surface area (TPSA) is 90.0 Å². The fraction of sp³-hybridized carbons (Fsp3) is 0.185. The third kappa shape index (κ3) is 2.93. The van der Waals surface area contributed by atoms with E-state index < -0.39 is 46.9 Å². The molecule has 0 bridgehead atoms. The predicted octanol–water partition coefficient (Wildman–Crippen LogP) is 3.99. The Labute approximate surface area is 214 Å². The normalized spacial score (nSPS) is 24.3. The first-order valence-electron chi connectivity index (χ1n) is 11.0. The first-order chi connectivity index (χ1) is 16.9. The molecule has 2 heterocycles. The number of methoxy groups -OCH3 is 1. The molecule has 0 unspecified atom stereocenters. The van der Waals surface area contributed by atoms with Gasteiger partial charge in [-0.3, -0.25) is 19.2 Å². The van der Waals surface area contributed by atoms with E-state index in [9.17, 15) is 19.2 Å². The summed E-state index contributed by atoms with van der Waals surface area (Å²) >= 11 is 2.15. The van der Waals surface area contributed by atoms with Gasteiger partial charge in [0.2, 0.25) is 29.0 Å². The van der Waals surface area contributed by atoms with Gasteiger partial charge in [0, 0.05) is 14.7 Å². The van der Waals surface area contributed by atoms with Crippen LogP contribution in [0.3, 0.4) is 0 Å². The highest BCUT2D eigenvalue weighted by atomic mass is 127. The van der Waals surface area contributed by atoms with Crippen molar-refractivity contribution >= 4 is 51.7 Å². The maximum absolute atomic E-state index is 13.9. The summed E-state index contributed by atoms with van der Waals surface area (Å²) in [5, 5.41) is 0. The Morgan fingerprint density at radius 2 is 1.51 bits per heavy atom. The molecule has 6 rings (SSSR count). The van der Waals surface area contributed by atoms with Gasteiger partial charge in [0.05, 0.1) is 30.7 Å². The number of hydrogen-bond donors (Lipinski definition) is 0. The van der Waals surface area contributed by atoms with Crippen molar-refractivity contribution in [3.8, 4) is 5.75 Å². The van der Waals surface area contributed by atoms with Crippen molar-refractivity contribution in [3.63, 3.8) is 0 Å². The van der Waals surface area contributed by atoms with Gasteiger partial charge in [0.25, 0.3) is 0 Å². The second-order valence-electron chi connectivity index (χ2n) is 8.75. The van der Waals surface area contributed by atoms with Gasteiger partial charge in [-0.25, -0.2) is 4.90 Å². The molecule has 0 aromatic heterocycles. The molecule has 3 aliphatic rings. The Balaban J connectivity index is 1.53. The van der Waals surface area contributed by atoms with Crippen molar-refractivity contribution in [1.29, 1.82) is 0 Å². The molecule has 8 heteroatoms. The van der Waals surface area contributed by atoms with E-state index in [4.69, 9.17) is 9.47 Å². The summed E-state index contributed by atoms with van der Waals surface area (Å²) in [5.74, 6) is -3.98. The molecular formula is C27H18INO6. The van der Waals surface area contributed by atoms with Crippen molar-refractivity contribution < 1.29 is 28.7 Å². The minimum Gasteiger partial charge on any atom is -0.497 e. The summed E-state index contributed by atoms with van der Waals surface area (Å²) in [6.45, 7) is 0. The SMILES string of the molecule is COc1ccc(N2C(=O)[C@@H]3[C@@H](C2=O)C2(O[C@H]3c3cccc(I)c3)C(=O)c3ccccc3C2=O)cc1. The number of halogens is 1. The molecule has 2 saturated heterocycles. The molecule has 3 atom stereocenters. The average Bonchev–Trinajstić information content (AvgIpc) is 3.44. The second kappa shape index (κ2) is 7.82. The van der Waals surface area contributed by atoms with E-state index in [2.05, 4.69) is 22.6 Å². The van der Waals surface area contributed by atoms with Gasteiger partial charge in [-0.2, -0.15) is 0 Å². The molecule has 2 fully saturated rings. The molecule has 0 N–H and O–H groups in total. The fourth-order valence-electron chi connectivity index (χ4n) is 5.49. The number of nitrogens with zero attached hydrogens (tertiary/aromatic N) is 1. The molecule has 35 heavy (non-hydrogen) atoms. The third-order valence-corrected chi connectivity index (χ3v) is 7.70. The number of ether oxygens (including phenoxy) is 2. The van der Waals surface area contributed by atoms with Crippen molar-refractivity contribution in [3.05, 3.63) is 93.1 Å². The van der Waals surface area contributed by atoms with E-state index in [1.165, 1.54) is 7.11 Å². The molecule has 1 aliphatic carbocycles. The third-order valence-electron chi connectivity index (χ3n) is 7.03. The summed E-state index contributed by atoms with van der Waals surface area (Å²) in [5.41, 5.74) is -0.667. The molecule has 3 aromatic rings. The first kappa shape index (κ1) is 22.1. The van der Waals surface area contributed by atoms with Gasteiger partial charge >= 0.3 is 0 Å². The molecule has 2 amide bonds. The summed E-state index contributed by atoms with van der Waals surface area (Å²) in [4.78, 5) is 56.3. The summed E-state index contributed by atoms with van der Waals surface area (Å²) < 4.78 is 12.4.